The van der Waals surface area contributed by atoms with E-state index in [0.29, 0.717) is 23.9 Å². The van der Waals surface area contributed by atoms with Crippen LogP contribution in [0.1, 0.15) is 0 Å². The Morgan fingerprint density at radius 2 is 2.18 bits per heavy atom. The Labute approximate surface area is 107 Å². The van der Waals surface area contributed by atoms with E-state index in [0.717, 1.165) is 5.69 Å². The number of ether oxygens (including phenoxy) is 1. The molecule has 0 saturated heterocycles. The summed E-state index contributed by atoms with van der Waals surface area (Å²) in [5.41, 5.74) is 0.869. The maximum Gasteiger partial charge on any atom is 0.137 e. The summed E-state index contributed by atoms with van der Waals surface area (Å²) in [4.78, 5) is 1.94. The minimum absolute atomic E-state index is 0.411. The number of anilines is 1. The fourth-order valence-electron chi connectivity index (χ4n) is 1.50. The van der Waals surface area contributed by atoms with Crippen molar-refractivity contribution in [1.82, 2.24) is 4.90 Å². The molecule has 1 aromatic rings. The van der Waals surface area contributed by atoms with Crippen molar-refractivity contribution >= 4 is 17.3 Å². The Morgan fingerprint density at radius 1 is 1.47 bits per heavy atom. The number of benzene rings is 1. The van der Waals surface area contributed by atoms with Gasteiger partial charge in [0.25, 0.3) is 0 Å². The van der Waals surface area contributed by atoms with E-state index in [1.54, 1.807) is 19.2 Å². The Hall–Kier alpha value is -0.970. The normalized spacial score (nSPS) is 12.6. The molecule has 0 heterocycles. The molecule has 1 rings (SSSR count). The fraction of sp³-hybridized carbons (Fsp3) is 0.500. The predicted octanol–water partition coefficient (Wildman–Crippen LogP) is 1.68. The molecule has 1 aromatic carbocycles. The molecule has 0 saturated carbocycles. The molecule has 0 bridgehead atoms. The third-order valence-electron chi connectivity index (χ3n) is 2.27. The first-order valence-corrected chi connectivity index (χ1v) is 5.81. The molecular weight excluding hydrogens is 240 g/mol. The monoisotopic (exact) mass is 258 g/mol. The van der Waals surface area contributed by atoms with E-state index in [9.17, 15) is 5.11 Å². The predicted molar refractivity (Wildman–Crippen MR) is 71.1 cm³/mol. The van der Waals surface area contributed by atoms with Crippen LogP contribution >= 0.6 is 11.6 Å². The molecule has 5 heteroatoms. The first-order chi connectivity index (χ1) is 8.02. The lowest BCUT2D eigenvalue weighted by molar-refractivity contribution is 0.148. The number of methoxy groups -OCH3 is 1. The molecule has 1 atom stereocenters. The Morgan fingerprint density at radius 3 is 2.71 bits per heavy atom. The summed E-state index contributed by atoms with van der Waals surface area (Å²) in [6.45, 7) is 1.11. The van der Waals surface area contributed by atoms with Crippen molar-refractivity contribution in [3.8, 4) is 5.75 Å². The Kier molecular flexibility index (Phi) is 5.55. The van der Waals surface area contributed by atoms with Crippen molar-refractivity contribution in [3.63, 3.8) is 0 Å². The van der Waals surface area contributed by atoms with E-state index in [1.165, 1.54) is 0 Å². The summed E-state index contributed by atoms with van der Waals surface area (Å²) in [6.07, 6.45) is -0.411. The van der Waals surface area contributed by atoms with Gasteiger partial charge in [-0.1, -0.05) is 11.6 Å². The molecule has 0 aliphatic heterocycles. The van der Waals surface area contributed by atoms with E-state index >= 15 is 0 Å². The molecule has 0 aliphatic carbocycles. The van der Waals surface area contributed by atoms with Gasteiger partial charge in [-0.2, -0.15) is 0 Å². The van der Waals surface area contributed by atoms with Crippen molar-refractivity contribution in [1.29, 1.82) is 0 Å². The molecule has 0 aromatic heterocycles. The highest BCUT2D eigenvalue weighted by Crippen LogP contribution is 2.27. The maximum absolute atomic E-state index is 9.69. The maximum atomic E-state index is 9.69. The van der Waals surface area contributed by atoms with E-state index in [2.05, 4.69) is 5.32 Å². The molecule has 0 amide bonds. The fourth-order valence-corrected chi connectivity index (χ4v) is 1.76. The minimum atomic E-state index is -0.411. The van der Waals surface area contributed by atoms with Crippen LogP contribution in [-0.2, 0) is 0 Å². The lowest BCUT2D eigenvalue weighted by atomic mass is 10.2. The van der Waals surface area contributed by atoms with Crippen LogP contribution < -0.4 is 10.1 Å². The molecule has 0 radical (unpaired) electrons. The molecule has 0 fully saturated rings. The number of likely N-dealkylation sites (N-methyl/N-ethyl adjacent to an activating group) is 1. The average molecular weight is 259 g/mol. The van der Waals surface area contributed by atoms with Crippen LogP contribution in [0.4, 0.5) is 5.69 Å². The van der Waals surface area contributed by atoms with Gasteiger partial charge >= 0.3 is 0 Å². The number of nitrogens with one attached hydrogen (secondary N) is 1. The largest absolute Gasteiger partial charge is 0.495 e. The highest BCUT2D eigenvalue weighted by atomic mass is 35.5. The molecule has 1 unspecified atom stereocenters. The van der Waals surface area contributed by atoms with Crippen molar-refractivity contribution < 1.29 is 9.84 Å². The van der Waals surface area contributed by atoms with Crippen LogP contribution in [0, 0.1) is 0 Å². The molecule has 0 aliphatic rings. The summed E-state index contributed by atoms with van der Waals surface area (Å²) in [6, 6.07) is 5.44. The highest BCUT2D eigenvalue weighted by molar-refractivity contribution is 6.32. The third-order valence-corrected chi connectivity index (χ3v) is 2.56. The number of halogens is 1. The second-order valence-electron chi connectivity index (χ2n) is 4.15. The van der Waals surface area contributed by atoms with Crippen LogP contribution in [0.15, 0.2) is 18.2 Å². The summed E-state index contributed by atoms with van der Waals surface area (Å²) in [7, 11) is 5.43. The zero-order chi connectivity index (χ0) is 12.8. The van der Waals surface area contributed by atoms with Crippen LogP contribution in [0.5, 0.6) is 5.75 Å². The zero-order valence-corrected chi connectivity index (χ0v) is 11.2. The SMILES string of the molecule is COc1ccc(NCC(O)CN(C)C)cc1Cl. The summed E-state index contributed by atoms with van der Waals surface area (Å²) in [5.74, 6) is 0.644. The highest BCUT2D eigenvalue weighted by Gasteiger charge is 2.06. The number of rotatable bonds is 6. The van der Waals surface area contributed by atoms with Crippen molar-refractivity contribution in [2.75, 3.05) is 39.6 Å². The van der Waals surface area contributed by atoms with Gasteiger partial charge in [0.05, 0.1) is 18.2 Å². The number of aliphatic hydroxyl groups is 1. The van der Waals surface area contributed by atoms with Crippen LogP contribution in [-0.4, -0.2) is 50.4 Å². The van der Waals surface area contributed by atoms with E-state index in [1.807, 2.05) is 25.1 Å². The van der Waals surface area contributed by atoms with Crippen LogP contribution in [0.2, 0.25) is 5.02 Å². The topological polar surface area (TPSA) is 44.7 Å². The van der Waals surface area contributed by atoms with E-state index < -0.39 is 6.10 Å². The summed E-state index contributed by atoms with van der Waals surface area (Å²) in [5, 5.41) is 13.4. The van der Waals surface area contributed by atoms with Gasteiger partial charge in [0.15, 0.2) is 0 Å². The average Bonchev–Trinajstić information content (AvgIpc) is 2.25. The number of nitrogens with zero attached hydrogens (tertiary/aromatic N) is 1. The molecule has 2 N–H and O–H groups in total. The van der Waals surface area contributed by atoms with Crippen molar-refractivity contribution in [3.05, 3.63) is 23.2 Å². The van der Waals surface area contributed by atoms with Gasteiger partial charge in [0, 0.05) is 18.8 Å². The molecule has 4 nitrogen and oxygen atoms in total. The van der Waals surface area contributed by atoms with Gasteiger partial charge < -0.3 is 20.1 Å². The van der Waals surface area contributed by atoms with E-state index in [4.69, 9.17) is 16.3 Å². The first kappa shape index (κ1) is 14.1. The lowest BCUT2D eigenvalue weighted by Gasteiger charge is -2.17. The standard InChI is InChI=1S/C12H19ClN2O2/c1-15(2)8-10(16)7-14-9-4-5-12(17-3)11(13)6-9/h4-6,10,14,16H,7-8H2,1-3H3. The first-order valence-electron chi connectivity index (χ1n) is 5.43. The van der Waals surface area contributed by atoms with Gasteiger partial charge in [-0.05, 0) is 32.3 Å². The lowest BCUT2D eigenvalue weighted by Crippen LogP contribution is -2.31. The van der Waals surface area contributed by atoms with Gasteiger partial charge in [0.1, 0.15) is 5.75 Å². The zero-order valence-electron chi connectivity index (χ0n) is 10.4. The van der Waals surface area contributed by atoms with Crippen molar-refractivity contribution in [2.24, 2.45) is 0 Å². The van der Waals surface area contributed by atoms with Gasteiger partial charge in [-0.3, -0.25) is 0 Å². The molecule has 17 heavy (non-hydrogen) atoms. The molecular formula is C12H19ClN2O2. The quantitative estimate of drug-likeness (QED) is 0.815. The van der Waals surface area contributed by atoms with Gasteiger partial charge in [-0.25, -0.2) is 0 Å². The number of hydrogen-bond acceptors (Lipinski definition) is 4. The number of aliphatic hydroxyl groups excluding tert-OH is 1. The second kappa shape index (κ2) is 6.69. The molecule has 0 spiro atoms. The Balaban J connectivity index is 2.49. The summed E-state index contributed by atoms with van der Waals surface area (Å²) >= 11 is 5.99. The van der Waals surface area contributed by atoms with E-state index in [-0.39, 0.29) is 0 Å². The third kappa shape index (κ3) is 4.81. The Bertz CT molecular complexity index is 358. The number of hydrogen-bond donors (Lipinski definition) is 2. The minimum Gasteiger partial charge on any atom is -0.495 e. The second-order valence-corrected chi connectivity index (χ2v) is 4.55. The smallest absolute Gasteiger partial charge is 0.137 e. The summed E-state index contributed by atoms with van der Waals surface area (Å²) < 4.78 is 5.06. The van der Waals surface area contributed by atoms with Crippen LogP contribution in [0.3, 0.4) is 0 Å². The molecule has 96 valence electrons. The van der Waals surface area contributed by atoms with Crippen molar-refractivity contribution in [2.45, 2.75) is 6.10 Å². The van der Waals surface area contributed by atoms with Gasteiger partial charge in [0.2, 0.25) is 0 Å². The van der Waals surface area contributed by atoms with Gasteiger partial charge in [-0.15, -0.1) is 0 Å². The van der Waals surface area contributed by atoms with Crippen LogP contribution in [0.25, 0.3) is 0 Å².